The van der Waals surface area contributed by atoms with Crippen molar-refractivity contribution in [3.63, 3.8) is 0 Å². The van der Waals surface area contributed by atoms with Crippen molar-refractivity contribution in [1.29, 1.82) is 0 Å². The molecule has 0 N–H and O–H groups in total. The Hall–Kier alpha value is -1.94. The summed E-state index contributed by atoms with van der Waals surface area (Å²) in [6.07, 6.45) is 6.63. The van der Waals surface area contributed by atoms with Gasteiger partial charge in [0.05, 0.1) is 22.0 Å². The minimum atomic E-state index is -2.93. The fourth-order valence-corrected chi connectivity index (χ4v) is 6.13. The molecule has 0 atom stereocenters. The monoisotopic (exact) mass is 409 g/mol. The number of hydrogen-bond donors (Lipinski definition) is 0. The summed E-state index contributed by atoms with van der Waals surface area (Å²) in [5.41, 5.74) is 3.56. The van der Waals surface area contributed by atoms with Gasteiger partial charge in [0, 0.05) is 10.8 Å². The Morgan fingerprint density at radius 2 is 1.38 bits per heavy atom. The molecule has 0 saturated heterocycles. The fraction of sp³-hybridized carbons (Fsp3) is 0.480. The summed E-state index contributed by atoms with van der Waals surface area (Å²) in [5.74, 6) is 1.41. The minimum absolute atomic E-state index is 0.256. The SMILES string of the molecule is CC(C)S(=O)(=O)CC1CCC(CCc2c3ccccc3nc3ccccc23)CC1. The van der Waals surface area contributed by atoms with E-state index < -0.39 is 9.84 Å². The van der Waals surface area contributed by atoms with E-state index in [0.29, 0.717) is 17.6 Å². The first kappa shape index (κ1) is 20.3. The molecule has 1 saturated carbocycles. The van der Waals surface area contributed by atoms with Crippen LogP contribution in [0.15, 0.2) is 48.5 Å². The first-order valence-electron chi connectivity index (χ1n) is 10.9. The molecule has 0 radical (unpaired) electrons. The van der Waals surface area contributed by atoms with Gasteiger partial charge >= 0.3 is 0 Å². The second-order valence-electron chi connectivity index (χ2n) is 8.93. The molecule has 1 aliphatic carbocycles. The van der Waals surface area contributed by atoms with Crippen LogP contribution in [0.5, 0.6) is 0 Å². The van der Waals surface area contributed by atoms with Crippen molar-refractivity contribution in [3.8, 4) is 0 Å². The van der Waals surface area contributed by atoms with Crippen LogP contribution in [0, 0.1) is 11.8 Å². The standard InChI is InChI=1S/C25H31NO2S/c1-18(2)29(27,28)17-20-13-11-19(12-14-20)15-16-21-22-7-3-5-9-24(22)26-25-10-6-4-8-23(21)25/h3-10,18-20H,11-17H2,1-2H3. The Labute approximate surface area is 174 Å². The lowest BCUT2D eigenvalue weighted by Gasteiger charge is -2.29. The smallest absolute Gasteiger partial charge is 0.152 e. The van der Waals surface area contributed by atoms with Crippen molar-refractivity contribution in [2.45, 2.75) is 57.6 Å². The van der Waals surface area contributed by atoms with Gasteiger partial charge in [0.2, 0.25) is 0 Å². The number of pyridine rings is 1. The topological polar surface area (TPSA) is 47.0 Å². The summed E-state index contributed by atoms with van der Waals surface area (Å²) < 4.78 is 24.5. The molecule has 0 spiro atoms. The van der Waals surface area contributed by atoms with E-state index in [1.165, 1.54) is 22.8 Å². The highest BCUT2D eigenvalue weighted by molar-refractivity contribution is 7.91. The van der Waals surface area contributed by atoms with Crippen LogP contribution in [0.3, 0.4) is 0 Å². The summed E-state index contributed by atoms with van der Waals surface area (Å²) in [7, 11) is -2.93. The highest BCUT2D eigenvalue weighted by Gasteiger charge is 2.27. The Bertz CT molecular complexity index is 1040. The Morgan fingerprint density at radius 3 is 1.93 bits per heavy atom. The highest BCUT2D eigenvalue weighted by Crippen LogP contribution is 2.34. The number of para-hydroxylation sites is 2. The molecular weight excluding hydrogens is 378 g/mol. The first-order chi connectivity index (χ1) is 13.9. The molecular formula is C25H31NO2S. The number of fused-ring (bicyclic) bond motifs is 2. The zero-order valence-electron chi connectivity index (χ0n) is 17.5. The molecule has 29 heavy (non-hydrogen) atoms. The van der Waals surface area contributed by atoms with Crippen LogP contribution in [-0.4, -0.2) is 24.4 Å². The minimum Gasteiger partial charge on any atom is -0.248 e. The van der Waals surface area contributed by atoms with E-state index in [9.17, 15) is 8.42 Å². The van der Waals surface area contributed by atoms with Crippen molar-refractivity contribution < 1.29 is 8.42 Å². The second-order valence-corrected chi connectivity index (χ2v) is 11.5. The van der Waals surface area contributed by atoms with E-state index in [0.717, 1.165) is 43.1 Å². The molecule has 1 heterocycles. The highest BCUT2D eigenvalue weighted by atomic mass is 32.2. The molecule has 4 heteroatoms. The normalized spacial score (nSPS) is 20.5. The molecule has 2 aromatic carbocycles. The number of nitrogens with zero attached hydrogens (tertiary/aromatic N) is 1. The maximum atomic E-state index is 12.2. The molecule has 0 aliphatic heterocycles. The molecule has 154 valence electrons. The van der Waals surface area contributed by atoms with Gasteiger partial charge in [0.15, 0.2) is 9.84 Å². The van der Waals surface area contributed by atoms with Gasteiger partial charge in [-0.1, -0.05) is 49.2 Å². The van der Waals surface area contributed by atoms with E-state index in [1.807, 2.05) is 0 Å². The third-order valence-electron chi connectivity index (χ3n) is 6.65. The molecule has 4 rings (SSSR count). The largest absolute Gasteiger partial charge is 0.248 e. The van der Waals surface area contributed by atoms with Crippen LogP contribution in [0.25, 0.3) is 21.8 Å². The van der Waals surface area contributed by atoms with Crippen LogP contribution >= 0.6 is 0 Å². The van der Waals surface area contributed by atoms with Crippen LogP contribution in [0.1, 0.15) is 51.5 Å². The quantitative estimate of drug-likeness (QED) is 0.473. The van der Waals surface area contributed by atoms with Crippen LogP contribution in [-0.2, 0) is 16.3 Å². The Morgan fingerprint density at radius 1 is 0.862 bits per heavy atom. The van der Waals surface area contributed by atoms with Crippen LogP contribution in [0.4, 0.5) is 0 Å². The van der Waals surface area contributed by atoms with Gasteiger partial charge in [-0.2, -0.15) is 0 Å². The van der Waals surface area contributed by atoms with Gasteiger partial charge in [-0.25, -0.2) is 13.4 Å². The lowest BCUT2D eigenvalue weighted by atomic mass is 9.80. The lowest BCUT2D eigenvalue weighted by Crippen LogP contribution is -2.26. The first-order valence-corrected chi connectivity index (χ1v) is 12.6. The number of aromatic nitrogens is 1. The third kappa shape index (κ3) is 4.48. The van der Waals surface area contributed by atoms with Crippen LogP contribution < -0.4 is 0 Å². The Balaban J connectivity index is 1.46. The van der Waals surface area contributed by atoms with E-state index >= 15 is 0 Å². The van der Waals surface area contributed by atoms with Crippen molar-refractivity contribution in [3.05, 3.63) is 54.1 Å². The van der Waals surface area contributed by atoms with Crippen LogP contribution in [0.2, 0.25) is 0 Å². The third-order valence-corrected chi connectivity index (χ3v) is 9.03. The van der Waals surface area contributed by atoms with E-state index in [4.69, 9.17) is 4.98 Å². The molecule has 1 aliphatic rings. The van der Waals surface area contributed by atoms with Crippen molar-refractivity contribution in [1.82, 2.24) is 4.98 Å². The van der Waals surface area contributed by atoms with E-state index in [-0.39, 0.29) is 5.25 Å². The number of hydrogen-bond acceptors (Lipinski definition) is 3. The van der Waals surface area contributed by atoms with Gasteiger partial charge in [-0.15, -0.1) is 0 Å². The molecule has 3 nitrogen and oxygen atoms in total. The van der Waals surface area contributed by atoms with E-state index in [1.54, 1.807) is 13.8 Å². The maximum absolute atomic E-state index is 12.2. The zero-order chi connectivity index (χ0) is 20.4. The number of benzene rings is 2. The van der Waals surface area contributed by atoms with Gasteiger partial charge in [-0.3, -0.25) is 0 Å². The zero-order valence-corrected chi connectivity index (χ0v) is 18.3. The van der Waals surface area contributed by atoms with Crippen molar-refractivity contribution in [2.75, 3.05) is 5.75 Å². The molecule has 3 aromatic rings. The summed E-state index contributed by atoms with van der Waals surface area (Å²) >= 11 is 0. The number of aryl methyl sites for hydroxylation is 1. The lowest BCUT2D eigenvalue weighted by molar-refractivity contribution is 0.279. The average molecular weight is 410 g/mol. The molecule has 0 amide bonds. The summed E-state index contributed by atoms with van der Waals surface area (Å²) in [5, 5.41) is 2.28. The molecule has 0 bridgehead atoms. The molecule has 0 unspecified atom stereocenters. The van der Waals surface area contributed by atoms with Gasteiger partial charge in [0.1, 0.15) is 0 Å². The van der Waals surface area contributed by atoms with E-state index in [2.05, 4.69) is 48.5 Å². The molecule has 1 fully saturated rings. The predicted molar refractivity (Wildman–Crippen MR) is 122 cm³/mol. The maximum Gasteiger partial charge on any atom is 0.152 e. The van der Waals surface area contributed by atoms with Gasteiger partial charge in [0.25, 0.3) is 0 Å². The molecule has 1 aromatic heterocycles. The summed E-state index contributed by atoms with van der Waals surface area (Å²) in [6.45, 7) is 3.59. The fourth-order valence-electron chi connectivity index (χ4n) is 4.75. The number of rotatable bonds is 6. The average Bonchev–Trinajstić information content (AvgIpc) is 2.72. The Kier molecular flexibility index (Phi) is 5.91. The predicted octanol–water partition coefficient (Wildman–Crippen LogP) is 5.95. The summed E-state index contributed by atoms with van der Waals surface area (Å²) in [6, 6.07) is 16.9. The summed E-state index contributed by atoms with van der Waals surface area (Å²) in [4.78, 5) is 4.83. The van der Waals surface area contributed by atoms with Crippen molar-refractivity contribution in [2.24, 2.45) is 11.8 Å². The van der Waals surface area contributed by atoms with Gasteiger partial charge in [-0.05, 0) is 69.1 Å². The second kappa shape index (κ2) is 8.43. The number of sulfone groups is 1. The van der Waals surface area contributed by atoms with Crippen molar-refractivity contribution >= 4 is 31.6 Å². The van der Waals surface area contributed by atoms with Gasteiger partial charge < -0.3 is 0 Å².